The first-order valence-electron chi connectivity index (χ1n) is 9.18. The second-order valence-corrected chi connectivity index (χ2v) is 7.32. The van der Waals surface area contributed by atoms with Crippen molar-refractivity contribution >= 4 is 11.8 Å². The van der Waals surface area contributed by atoms with Crippen molar-refractivity contribution in [2.75, 3.05) is 19.6 Å². The van der Waals surface area contributed by atoms with Crippen molar-refractivity contribution in [2.45, 2.75) is 58.9 Å². The third-order valence-corrected chi connectivity index (χ3v) is 5.51. The van der Waals surface area contributed by atoms with Crippen LogP contribution in [0.1, 0.15) is 55.6 Å². The fraction of sp³-hybridized carbons (Fsp3) is 0.684. The molecule has 0 bridgehead atoms. The van der Waals surface area contributed by atoms with Gasteiger partial charge >= 0.3 is 0 Å². The minimum atomic E-state index is 0.0551. The van der Waals surface area contributed by atoms with E-state index in [1.165, 1.54) is 29.8 Å². The quantitative estimate of drug-likeness (QED) is 0.900. The highest BCUT2D eigenvalue weighted by molar-refractivity contribution is 5.79. The van der Waals surface area contributed by atoms with Crippen LogP contribution in [0, 0.1) is 19.8 Å². The summed E-state index contributed by atoms with van der Waals surface area (Å²) in [5.74, 6) is 0.313. The van der Waals surface area contributed by atoms with Crippen LogP contribution in [0.15, 0.2) is 6.07 Å². The van der Waals surface area contributed by atoms with Crippen LogP contribution in [0.4, 0.5) is 0 Å². The SMILES string of the molecule is CC(=O)N1CCC(C(=O)NCCc2cc(C)n(C3CC3)c2C)CC1. The number of hydrogen-bond donors (Lipinski definition) is 1. The molecule has 1 N–H and O–H groups in total. The molecule has 5 heteroatoms. The van der Waals surface area contributed by atoms with E-state index < -0.39 is 0 Å². The number of nitrogens with one attached hydrogen (secondary N) is 1. The monoisotopic (exact) mass is 331 g/mol. The highest BCUT2D eigenvalue weighted by atomic mass is 16.2. The van der Waals surface area contributed by atoms with Gasteiger partial charge in [0.25, 0.3) is 0 Å². The van der Waals surface area contributed by atoms with Gasteiger partial charge in [0.1, 0.15) is 0 Å². The normalized spacial score (nSPS) is 18.7. The molecule has 1 aromatic rings. The lowest BCUT2D eigenvalue weighted by Gasteiger charge is -2.30. The maximum absolute atomic E-state index is 12.3. The number of hydrogen-bond acceptors (Lipinski definition) is 2. The predicted molar refractivity (Wildman–Crippen MR) is 93.9 cm³/mol. The molecule has 2 fully saturated rings. The molecular formula is C19H29N3O2. The van der Waals surface area contributed by atoms with Gasteiger partial charge in [-0.25, -0.2) is 0 Å². The number of amides is 2. The Hall–Kier alpha value is -1.78. The zero-order valence-electron chi connectivity index (χ0n) is 15.1. The van der Waals surface area contributed by atoms with Crippen molar-refractivity contribution in [1.29, 1.82) is 0 Å². The van der Waals surface area contributed by atoms with E-state index in [4.69, 9.17) is 0 Å². The van der Waals surface area contributed by atoms with Gasteiger partial charge in [0.2, 0.25) is 11.8 Å². The van der Waals surface area contributed by atoms with Gasteiger partial charge in [-0.05, 0) is 57.6 Å². The van der Waals surface area contributed by atoms with E-state index in [2.05, 4.69) is 29.8 Å². The van der Waals surface area contributed by atoms with Crippen LogP contribution in [0.25, 0.3) is 0 Å². The molecule has 2 amide bonds. The van der Waals surface area contributed by atoms with Crippen LogP contribution in [-0.4, -0.2) is 40.9 Å². The average molecular weight is 331 g/mol. The van der Waals surface area contributed by atoms with E-state index >= 15 is 0 Å². The first-order chi connectivity index (χ1) is 11.5. The Kier molecular flexibility index (Phi) is 4.97. The van der Waals surface area contributed by atoms with Gasteiger partial charge in [-0.15, -0.1) is 0 Å². The molecule has 0 radical (unpaired) electrons. The largest absolute Gasteiger partial charge is 0.356 e. The molecule has 0 spiro atoms. The Morgan fingerprint density at radius 3 is 2.42 bits per heavy atom. The summed E-state index contributed by atoms with van der Waals surface area (Å²) in [4.78, 5) is 25.5. The molecule has 1 saturated carbocycles. The minimum absolute atomic E-state index is 0.0551. The summed E-state index contributed by atoms with van der Waals surface area (Å²) in [7, 11) is 0. The summed E-state index contributed by atoms with van der Waals surface area (Å²) in [6.45, 7) is 8.07. The number of piperidine rings is 1. The van der Waals surface area contributed by atoms with Crippen molar-refractivity contribution in [3.05, 3.63) is 23.0 Å². The minimum Gasteiger partial charge on any atom is -0.356 e. The average Bonchev–Trinajstić information content (AvgIpc) is 3.34. The van der Waals surface area contributed by atoms with E-state index in [1.54, 1.807) is 6.92 Å². The summed E-state index contributed by atoms with van der Waals surface area (Å²) in [6.07, 6.45) is 5.05. The first-order valence-corrected chi connectivity index (χ1v) is 9.18. The Morgan fingerprint density at radius 1 is 1.17 bits per heavy atom. The van der Waals surface area contributed by atoms with E-state index in [1.807, 2.05) is 4.90 Å². The molecule has 1 aromatic heterocycles. The second kappa shape index (κ2) is 6.99. The van der Waals surface area contributed by atoms with Gasteiger partial charge in [0, 0.05) is 49.9 Å². The molecule has 0 atom stereocenters. The maximum atomic E-state index is 12.3. The fourth-order valence-corrected chi connectivity index (χ4v) is 3.91. The van der Waals surface area contributed by atoms with Gasteiger partial charge in [-0.3, -0.25) is 9.59 Å². The van der Waals surface area contributed by atoms with Crippen LogP contribution < -0.4 is 5.32 Å². The Bertz CT molecular complexity index is 623. The lowest BCUT2D eigenvalue weighted by atomic mass is 9.96. The van der Waals surface area contributed by atoms with Gasteiger partial charge in [0.05, 0.1) is 0 Å². The number of aromatic nitrogens is 1. The van der Waals surface area contributed by atoms with E-state index in [0.717, 1.165) is 19.3 Å². The summed E-state index contributed by atoms with van der Waals surface area (Å²) in [6, 6.07) is 2.98. The number of rotatable bonds is 5. The van der Waals surface area contributed by atoms with E-state index in [9.17, 15) is 9.59 Å². The van der Waals surface area contributed by atoms with Crippen LogP contribution in [0.5, 0.6) is 0 Å². The molecule has 1 saturated heterocycles. The fourth-order valence-electron chi connectivity index (χ4n) is 3.91. The summed E-state index contributed by atoms with van der Waals surface area (Å²) in [5, 5.41) is 3.09. The smallest absolute Gasteiger partial charge is 0.223 e. The molecule has 2 heterocycles. The molecule has 1 aliphatic heterocycles. The first kappa shape index (κ1) is 17.1. The molecule has 0 aromatic carbocycles. The highest BCUT2D eigenvalue weighted by Gasteiger charge is 2.27. The van der Waals surface area contributed by atoms with Crippen molar-refractivity contribution < 1.29 is 9.59 Å². The van der Waals surface area contributed by atoms with Crippen molar-refractivity contribution in [3.63, 3.8) is 0 Å². The zero-order valence-corrected chi connectivity index (χ0v) is 15.1. The Labute approximate surface area is 144 Å². The van der Waals surface area contributed by atoms with Gasteiger partial charge in [-0.2, -0.15) is 0 Å². The number of carbonyl (C=O) groups excluding carboxylic acids is 2. The van der Waals surface area contributed by atoms with Crippen LogP contribution in [0.2, 0.25) is 0 Å². The summed E-state index contributed by atoms with van der Waals surface area (Å²) in [5.41, 5.74) is 4.05. The molecule has 132 valence electrons. The third-order valence-electron chi connectivity index (χ3n) is 5.51. The molecule has 2 aliphatic rings. The topological polar surface area (TPSA) is 54.3 Å². The van der Waals surface area contributed by atoms with Crippen LogP contribution in [-0.2, 0) is 16.0 Å². The molecule has 0 unspecified atom stereocenters. The number of nitrogens with zero attached hydrogens (tertiary/aromatic N) is 2. The molecule has 5 nitrogen and oxygen atoms in total. The molecule has 1 aliphatic carbocycles. The third kappa shape index (κ3) is 3.65. The van der Waals surface area contributed by atoms with Gasteiger partial charge < -0.3 is 14.8 Å². The number of aryl methyl sites for hydroxylation is 1. The van der Waals surface area contributed by atoms with Crippen molar-refractivity contribution in [2.24, 2.45) is 5.92 Å². The lowest BCUT2D eigenvalue weighted by Crippen LogP contribution is -2.42. The van der Waals surface area contributed by atoms with Crippen LogP contribution in [0.3, 0.4) is 0 Å². The van der Waals surface area contributed by atoms with E-state index in [0.29, 0.717) is 25.7 Å². The zero-order chi connectivity index (χ0) is 17.3. The standard InChI is InChI=1S/C19H29N3O2/c1-13-12-17(14(2)22(13)18-4-5-18)6-9-20-19(24)16-7-10-21(11-8-16)15(3)23/h12,16,18H,4-11H2,1-3H3,(H,20,24). The predicted octanol–water partition coefficient (Wildman–Crippen LogP) is 2.36. The van der Waals surface area contributed by atoms with Gasteiger partial charge in [0.15, 0.2) is 0 Å². The molecular weight excluding hydrogens is 302 g/mol. The second-order valence-electron chi connectivity index (χ2n) is 7.32. The Morgan fingerprint density at radius 2 is 1.83 bits per heavy atom. The van der Waals surface area contributed by atoms with Crippen molar-refractivity contribution in [3.8, 4) is 0 Å². The highest BCUT2D eigenvalue weighted by Crippen LogP contribution is 2.38. The van der Waals surface area contributed by atoms with Crippen LogP contribution >= 0.6 is 0 Å². The number of likely N-dealkylation sites (tertiary alicyclic amines) is 1. The summed E-state index contributed by atoms with van der Waals surface area (Å²) >= 11 is 0. The number of carbonyl (C=O) groups is 2. The maximum Gasteiger partial charge on any atom is 0.223 e. The van der Waals surface area contributed by atoms with E-state index in [-0.39, 0.29) is 17.7 Å². The summed E-state index contributed by atoms with van der Waals surface area (Å²) < 4.78 is 2.45. The van der Waals surface area contributed by atoms with Gasteiger partial charge in [-0.1, -0.05) is 0 Å². The van der Waals surface area contributed by atoms with Crippen molar-refractivity contribution in [1.82, 2.24) is 14.8 Å². The lowest BCUT2D eigenvalue weighted by molar-refractivity contribution is -0.133. The molecule has 3 rings (SSSR count). The molecule has 24 heavy (non-hydrogen) atoms. The Balaban J connectivity index is 1.46.